The van der Waals surface area contributed by atoms with Crippen LogP contribution in [0.4, 0.5) is 10.1 Å². The van der Waals surface area contributed by atoms with Gasteiger partial charge in [-0.2, -0.15) is 0 Å². The summed E-state index contributed by atoms with van der Waals surface area (Å²) in [5.41, 5.74) is 0.289. The standard InChI is InChI=1S/C12H8BrClFNO2S/c13-11-5-4-8(14)6-12(11)16-19(17,18)10-3-1-2-9(15)7-10/h1-7,16H. The molecule has 0 aliphatic heterocycles. The van der Waals surface area contributed by atoms with Crippen LogP contribution in [0.3, 0.4) is 0 Å². The van der Waals surface area contributed by atoms with E-state index in [0.717, 1.165) is 6.07 Å². The smallest absolute Gasteiger partial charge is 0.262 e. The summed E-state index contributed by atoms with van der Waals surface area (Å²) in [5, 5.41) is 0.389. The van der Waals surface area contributed by atoms with Crippen LogP contribution in [0.5, 0.6) is 0 Å². The lowest BCUT2D eigenvalue weighted by Gasteiger charge is -2.10. The van der Waals surface area contributed by atoms with Crippen LogP contribution in [-0.2, 0) is 10.0 Å². The fraction of sp³-hybridized carbons (Fsp3) is 0. The Morgan fingerprint density at radius 2 is 1.89 bits per heavy atom. The Kier molecular flexibility index (Phi) is 4.13. The predicted molar refractivity (Wildman–Crippen MR) is 76.4 cm³/mol. The number of benzene rings is 2. The van der Waals surface area contributed by atoms with Crippen LogP contribution in [-0.4, -0.2) is 8.42 Å². The Hall–Kier alpha value is -1.11. The maximum Gasteiger partial charge on any atom is 0.262 e. The number of rotatable bonds is 3. The van der Waals surface area contributed by atoms with Gasteiger partial charge in [0.15, 0.2) is 0 Å². The van der Waals surface area contributed by atoms with Gasteiger partial charge in [0.25, 0.3) is 10.0 Å². The summed E-state index contributed by atoms with van der Waals surface area (Å²) in [6.45, 7) is 0. The largest absolute Gasteiger partial charge is 0.278 e. The Labute approximate surface area is 123 Å². The number of nitrogens with one attached hydrogen (secondary N) is 1. The summed E-state index contributed by atoms with van der Waals surface area (Å²) in [4.78, 5) is -0.153. The minimum Gasteiger partial charge on any atom is -0.278 e. The van der Waals surface area contributed by atoms with Crippen molar-refractivity contribution >= 4 is 43.2 Å². The van der Waals surface area contributed by atoms with Crippen LogP contribution in [0, 0.1) is 5.82 Å². The van der Waals surface area contributed by atoms with Crippen molar-refractivity contribution in [3.8, 4) is 0 Å². The molecule has 0 bridgehead atoms. The normalized spacial score (nSPS) is 11.3. The summed E-state index contributed by atoms with van der Waals surface area (Å²) < 4.78 is 40.1. The monoisotopic (exact) mass is 363 g/mol. The third kappa shape index (κ3) is 3.46. The van der Waals surface area contributed by atoms with Crippen molar-refractivity contribution in [3.05, 3.63) is 57.8 Å². The lowest BCUT2D eigenvalue weighted by molar-refractivity contribution is 0.595. The molecular formula is C12H8BrClFNO2S. The van der Waals surface area contributed by atoms with E-state index in [1.165, 1.54) is 24.3 Å². The number of hydrogen-bond acceptors (Lipinski definition) is 2. The lowest BCUT2D eigenvalue weighted by atomic mass is 10.3. The number of hydrogen-bond donors (Lipinski definition) is 1. The van der Waals surface area contributed by atoms with E-state index >= 15 is 0 Å². The van der Waals surface area contributed by atoms with E-state index in [0.29, 0.717) is 9.50 Å². The third-order valence-electron chi connectivity index (χ3n) is 2.28. The predicted octanol–water partition coefficient (Wildman–Crippen LogP) is 4.04. The Morgan fingerprint density at radius 3 is 2.58 bits per heavy atom. The zero-order chi connectivity index (χ0) is 14.0. The molecule has 0 aromatic heterocycles. The van der Waals surface area contributed by atoms with E-state index in [2.05, 4.69) is 20.7 Å². The Bertz CT molecular complexity index is 721. The van der Waals surface area contributed by atoms with Crippen molar-refractivity contribution in [2.75, 3.05) is 4.72 Å². The van der Waals surface area contributed by atoms with Gasteiger partial charge in [0.2, 0.25) is 0 Å². The van der Waals surface area contributed by atoms with Gasteiger partial charge in [0.05, 0.1) is 10.6 Å². The maximum atomic E-state index is 13.1. The van der Waals surface area contributed by atoms with Crippen molar-refractivity contribution in [1.82, 2.24) is 0 Å². The zero-order valence-corrected chi connectivity index (χ0v) is 12.6. The molecular weight excluding hydrogens is 357 g/mol. The first-order chi connectivity index (χ1) is 8.88. The zero-order valence-electron chi connectivity index (χ0n) is 9.40. The van der Waals surface area contributed by atoms with Gasteiger partial charge in [0.1, 0.15) is 5.82 Å². The summed E-state index contributed by atoms with van der Waals surface area (Å²) >= 11 is 9.01. The molecule has 0 saturated carbocycles. The van der Waals surface area contributed by atoms with E-state index in [1.807, 2.05) is 0 Å². The molecule has 3 nitrogen and oxygen atoms in total. The molecule has 19 heavy (non-hydrogen) atoms. The average Bonchev–Trinajstić information content (AvgIpc) is 2.33. The fourth-order valence-electron chi connectivity index (χ4n) is 1.41. The van der Waals surface area contributed by atoms with Gasteiger partial charge in [-0.15, -0.1) is 0 Å². The molecule has 0 amide bonds. The second-order valence-corrected chi connectivity index (χ2v) is 6.66. The molecule has 0 unspecified atom stereocenters. The molecule has 1 N–H and O–H groups in total. The highest BCUT2D eigenvalue weighted by Crippen LogP contribution is 2.28. The van der Waals surface area contributed by atoms with Crippen LogP contribution in [0.1, 0.15) is 0 Å². The van der Waals surface area contributed by atoms with Crippen LogP contribution in [0.15, 0.2) is 51.8 Å². The van der Waals surface area contributed by atoms with Gasteiger partial charge in [-0.05, 0) is 52.3 Å². The number of halogens is 3. The molecule has 0 aliphatic rings. The number of anilines is 1. The summed E-state index contributed by atoms with van der Waals surface area (Å²) in [5.74, 6) is -0.618. The highest BCUT2D eigenvalue weighted by atomic mass is 79.9. The average molecular weight is 365 g/mol. The molecule has 2 rings (SSSR count). The van der Waals surface area contributed by atoms with Gasteiger partial charge in [0, 0.05) is 9.50 Å². The fourth-order valence-corrected chi connectivity index (χ4v) is 3.16. The highest BCUT2D eigenvalue weighted by Gasteiger charge is 2.16. The first-order valence-corrected chi connectivity index (χ1v) is 7.77. The molecule has 0 heterocycles. The Morgan fingerprint density at radius 1 is 1.16 bits per heavy atom. The van der Waals surface area contributed by atoms with E-state index in [4.69, 9.17) is 11.6 Å². The van der Waals surface area contributed by atoms with Crippen molar-refractivity contribution in [2.45, 2.75) is 4.90 Å². The minimum absolute atomic E-state index is 0.153. The molecule has 2 aromatic carbocycles. The van der Waals surface area contributed by atoms with Gasteiger partial charge in [-0.1, -0.05) is 17.7 Å². The van der Waals surface area contributed by atoms with E-state index in [9.17, 15) is 12.8 Å². The minimum atomic E-state index is -3.85. The quantitative estimate of drug-likeness (QED) is 0.893. The summed E-state index contributed by atoms with van der Waals surface area (Å²) in [7, 11) is -3.85. The van der Waals surface area contributed by atoms with Crippen LogP contribution in [0.25, 0.3) is 0 Å². The molecule has 0 spiro atoms. The van der Waals surface area contributed by atoms with E-state index in [1.54, 1.807) is 12.1 Å². The van der Waals surface area contributed by atoms with Crippen molar-refractivity contribution in [1.29, 1.82) is 0 Å². The van der Waals surface area contributed by atoms with Crippen LogP contribution >= 0.6 is 27.5 Å². The topological polar surface area (TPSA) is 46.2 Å². The van der Waals surface area contributed by atoms with Gasteiger partial charge in [-0.3, -0.25) is 4.72 Å². The number of sulfonamides is 1. The lowest BCUT2D eigenvalue weighted by Crippen LogP contribution is -2.13. The van der Waals surface area contributed by atoms with Gasteiger partial charge < -0.3 is 0 Å². The van der Waals surface area contributed by atoms with Crippen LogP contribution < -0.4 is 4.72 Å². The highest BCUT2D eigenvalue weighted by molar-refractivity contribution is 9.10. The molecule has 7 heteroatoms. The maximum absolute atomic E-state index is 13.1. The molecule has 0 saturated heterocycles. The second-order valence-electron chi connectivity index (χ2n) is 3.69. The first kappa shape index (κ1) is 14.3. The first-order valence-electron chi connectivity index (χ1n) is 5.12. The molecule has 0 radical (unpaired) electrons. The summed E-state index contributed by atoms with van der Waals surface area (Å²) in [6.07, 6.45) is 0. The summed E-state index contributed by atoms with van der Waals surface area (Å²) in [6, 6.07) is 9.45. The molecule has 0 atom stereocenters. The Balaban J connectivity index is 2.39. The van der Waals surface area contributed by atoms with Crippen molar-refractivity contribution in [3.63, 3.8) is 0 Å². The molecule has 0 aliphatic carbocycles. The van der Waals surface area contributed by atoms with Gasteiger partial charge >= 0.3 is 0 Å². The van der Waals surface area contributed by atoms with Crippen LogP contribution in [0.2, 0.25) is 5.02 Å². The van der Waals surface area contributed by atoms with E-state index in [-0.39, 0.29) is 10.6 Å². The van der Waals surface area contributed by atoms with Crippen molar-refractivity contribution < 1.29 is 12.8 Å². The SMILES string of the molecule is O=S(=O)(Nc1cc(Cl)ccc1Br)c1cccc(F)c1. The molecule has 0 fully saturated rings. The molecule has 100 valence electrons. The van der Waals surface area contributed by atoms with Crippen molar-refractivity contribution in [2.24, 2.45) is 0 Å². The second kappa shape index (κ2) is 5.48. The molecule has 2 aromatic rings. The van der Waals surface area contributed by atoms with Gasteiger partial charge in [-0.25, -0.2) is 12.8 Å². The van der Waals surface area contributed by atoms with E-state index < -0.39 is 15.8 Å². The third-order valence-corrected chi connectivity index (χ3v) is 4.57.